The highest BCUT2D eigenvalue weighted by Crippen LogP contribution is 2.28. The molecule has 9 heteroatoms. The van der Waals surface area contributed by atoms with Crippen LogP contribution in [-0.2, 0) is 12.7 Å². The smallest absolute Gasteiger partial charge is 0.396 e. The van der Waals surface area contributed by atoms with Crippen LogP contribution in [0.25, 0.3) is 0 Å². The Balaban J connectivity index is 1.88. The van der Waals surface area contributed by atoms with Crippen molar-refractivity contribution in [1.29, 1.82) is 0 Å². The molecule has 0 fully saturated rings. The molecule has 0 bridgehead atoms. The molecule has 2 rings (SSSR count). The van der Waals surface area contributed by atoms with E-state index in [1.54, 1.807) is 6.20 Å². The van der Waals surface area contributed by atoms with Gasteiger partial charge in [-0.05, 0) is 12.1 Å². The average Bonchev–Trinajstić information content (AvgIpc) is 2.83. The van der Waals surface area contributed by atoms with E-state index in [-0.39, 0.29) is 12.2 Å². The van der Waals surface area contributed by atoms with Gasteiger partial charge in [-0.2, -0.15) is 18.3 Å². The molecule has 0 aliphatic heterocycles. The third kappa shape index (κ3) is 3.94. The summed E-state index contributed by atoms with van der Waals surface area (Å²) in [6.45, 7) is 0.645. The maximum atomic E-state index is 12.4. The minimum Gasteiger partial charge on any atom is -0.396 e. The second kappa shape index (κ2) is 5.81. The molecule has 0 radical (unpaired) electrons. The highest BCUT2D eigenvalue weighted by molar-refractivity contribution is 5.92. The molecule has 2 aromatic rings. The fraction of sp³-hybridized carbons (Fsp3) is 0.250. The number of alkyl halides is 3. The van der Waals surface area contributed by atoms with Gasteiger partial charge in [0.05, 0.1) is 24.0 Å². The van der Waals surface area contributed by atoms with Crippen LogP contribution in [-0.4, -0.2) is 27.2 Å². The van der Waals surface area contributed by atoms with Crippen molar-refractivity contribution in [3.05, 3.63) is 42.0 Å². The van der Waals surface area contributed by atoms with Gasteiger partial charge in [-0.1, -0.05) is 0 Å². The Bertz CT molecular complexity index is 621. The van der Waals surface area contributed by atoms with E-state index in [1.165, 1.54) is 10.9 Å². The predicted octanol–water partition coefficient (Wildman–Crippen LogP) is 1.31. The number of amides is 1. The first-order valence-electron chi connectivity index (χ1n) is 5.95. The fourth-order valence-corrected chi connectivity index (χ4v) is 1.57. The van der Waals surface area contributed by atoms with Gasteiger partial charge in [0.15, 0.2) is 0 Å². The molecule has 3 N–H and O–H groups in total. The second-order valence-electron chi connectivity index (χ2n) is 4.22. The van der Waals surface area contributed by atoms with Gasteiger partial charge in [-0.3, -0.25) is 14.5 Å². The van der Waals surface area contributed by atoms with Crippen molar-refractivity contribution >= 4 is 11.6 Å². The molecule has 0 aliphatic carbocycles. The number of nitrogens with one attached hydrogen (secondary N) is 1. The number of pyridine rings is 1. The number of nitrogen functional groups attached to an aromatic ring is 1. The molecule has 112 valence electrons. The van der Waals surface area contributed by atoms with Crippen LogP contribution < -0.4 is 11.1 Å². The molecule has 0 atom stereocenters. The Morgan fingerprint density at radius 1 is 1.33 bits per heavy atom. The Kier molecular flexibility index (Phi) is 4.10. The SMILES string of the molecule is Nc1cnn(CCNC(=O)c2ccc(C(F)(F)F)cn2)c1. The quantitative estimate of drug-likeness (QED) is 0.891. The van der Waals surface area contributed by atoms with E-state index in [1.807, 2.05) is 0 Å². The number of carbonyl (C=O) groups excluding carboxylic acids is 1. The maximum Gasteiger partial charge on any atom is 0.417 e. The summed E-state index contributed by atoms with van der Waals surface area (Å²) in [6, 6.07) is 1.85. The normalized spacial score (nSPS) is 11.4. The van der Waals surface area contributed by atoms with E-state index >= 15 is 0 Å². The van der Waals surface area contributed by atoms with Crippen LogP contribution in [0.1, 0.15) is 16.1 Å². The number of rotatable bonds is 4. The van der Waals surface area contributed by atoms with Gasteiger partial charge in [-0.15, -0.1) is 0 Å². The molecule has 0 aliphatic rings. The summed E-state index contributed by atoms with van der Waals surface area (Å²) in [7, 11) is 0. The molecule has 0 spiro atoms. The molecular weight excluding hydrogens is 287 g/mol. The minimum atomic E-state index is -4.47. The van der Waals surface area contributed by atoms with Crippen LogP contribution in [0.5, 0.6) is 0 Å². The predicted molar refractivity (Wildman–Crippen MR) is 68.2 cm³/mol. The molecule has 1 amide bonds. The van der Waals surface area contributed by atoms with Crippen molar-refractivity contribution in [3.63, 3.8) is 0 Å². The zero-order valence-electron chi connectivity index (χ0n) is 10.8. The highest BCUT2D eigenvalue weighted by Gasteiger charge is 2.30. The van der Waals surface area contributed by atoms with Crippen LogP contribution >= 0.6 is 0 Å². The number of anilines is 1. The van der Waals surface area contributed by atoms with Crippen LogP contribution in [0.15, 0.2) is 30.7 Å². The van der Waals surface area contributed by atoms with E-state index in [9.17, 15) is 18.0 Å². The number of halogens is 3. The van der Waals surface area contributed by atoms with Crippen LogP contribution in [0.2, 0.25) is 0 Å². The van der Waals surface area contributed by atoms with Crippen LogP contribution in [0.3, 0.4) is 0 Å². The van der Waals surface area contributed by atoms with Crippen molar-refractivity contribution in [1.82, 2.24) is 20.1 Å². The van der Waals surface area contributed by atoms with Gasteiger partial charge in [0.2, 0.25) is 0 Å². The summed E-state index contributed by atoms with van der Waals surface area (Å²) in [6.07, 6.45) is -0.771. The number of aromatic nitrogens is 3. The molecule has 6 nitrogen and oxygen atoms in total. The number of nitrogens with zero attached hydrogens (tertiary/aromatic N) is 3. The van der Waals surface area contributed by atoms with E-state index in [4.69, 9.17) is 5.73 Å². The topological polar surface area (TPSA) is 85.8 Å². The van der Waals surface area contributed by atoms with Gasteiger partial charge in [0.25, 0.3) is 5.91 Å². The van der Waals surface area contributed by atoms with E-state index in [0.29, 0.717) is 18.4 Å². The first kappa shape index (κ1) is 14.8. The lowest BCUT2D eigenvalue weighted by Crippen LogP contribution is -2.28. The highest BCUT2D eigenvalue weighted by atomic mass is 19.4. The molecule has 2 heterocycles. The first-order valence-corrected chi connectivity index (χ1v) is 5.95. The largest absolute Gasteiger partial charge is 0.417 e. The summed E-state index contributed by atoms with van der Waals surface area (Å²) in [5, 5.41) is 6.45. The number of hydrogen-bond acceptors (Lipinski definition) is 4. The van der Waals surface area contributed by atoms with Gasteiger partial charge < -0.3 is 11.1 Å². The number of carbonyl (C=O) groups is 1. The van der Waals surface area contributed by atoms with Crippen molar-refractivity contribution in [2.45, 2.75) is 12.7 Å². The average molecular weight is 299 g/mol. The lowest BCUT2D eigenvalue weighted by molar-refractivity contribution is -0.137. The van der Waals surface area contributed by atoms with Gasteiger partial charge in [-0.25, -0.2) is 0 Å². The molecule has 21 heavy (non-hydrogen) atoms. The molecule has 0 unspecified atom stereocenters. The van der Waals surface area contributed by atoms with Crippen LogP contribution in [0, 0.1) is 0 Å². The number of hydrogen-bond donors (Lipinski definition) is 2. The van der Waals surface area contributed by atoms with E-state index in [2.05, 4.69) is 15.4 Å². The maximum absolute atomic E-state index is 12.4. The fourth-order valence-electron chi connectivity index (χ4n) is 1.57. The van der Waals surface area contributed by atoms with E-state index in [0.717, 1.165) is 12.1 Å². The standard InChI is InChI=1S/C12H12F3N5O/c13-12(14,15)8-1-2-10(18-5-8)11(21)17-3-4-20-7-9(16)6-19-20/h1-2,5-7H,3-4,16H2,(H,17,21). The van der Waals surface area contributed by atoms with Gasteiger partial charge in [0, 0.05) is 18.9 Å². The minimum absolute atomic E-state index is 0.0806. The Labute approximate surface area is 117 Å². The van der Waals surface area contributed by atoms with Gasteiger partial charge in [0.1, 0.15) is 5.69 Å². The van der Waals surface area contributed by atoms with Crippen LogP contribution in [0.4, 0.5) is 18.9 Å². The van der Waals surface area contributed by atoms with Crippen molar-refractivity contribution < 1.29 is 18.0 Å². The summed E-state index contributed by atoms with van der Waals surface area (Å²) in [5.74, 6) is -0.552. The Morgan fingerprint density at radius 3 is 2.62 bits per heavy atom. The Morgan fingerprint density at radius 2 is 2.10 bits per heavy atom. The summed E-state index contributed by atoms with van der Waals surface area (Å²) < 4.78 is 38.6. The van der Waals surface area contributed by atoms with Crippen molar-refractivity contribution in [2.75, 3.05) is 12.3 Å². The van der Waals surface area contributed by atoms with Gasteiger partial charge >= 0.3 is 6.18 Å². The third-order valence-electron chi connectivity index (χ3n) is 2.60. The molecular formula is C12H12F3N5O. The molecule has 2 aromatic heterocycles. The van der Waals surface area contributed by atoms with Crippen molar-refractivity contribution in [3.8, 4) is 0 Å². The summed E-state index contributed by atoms with van der Waals surface area (Å²) in [5.41, 5.74) is 5.01. The molecule has 0 aromatic carbocycles. The lowest BCUT2D eigenvalue weighted by atomic mass is 10.2. The zero-order chi connectivity index (χ0) is 15.5. The monoisotopic (exact) mass is 299 g/mol. The zero-order valence-corrected chi connectivity index (χ0v) is 10.8. The first-order chi connectivity index (χ1) is 9.86. The second-order valence-corrected chi connectivity index (χ2v) is 4.22. The molecule has 0 saturated carbocycles. The Hall–Kier alpha value is -2.58. The third-order valence-corrected chi connectivity index (χ3v) is 2.60. The number of nitrogens with two attached hydrogens (primary N) is 1. The van der Waals surface area contributed by atoms with Crippen molar-refractivity contribution in [2.24, 2.45) is 0 Å². The summed E-state index contributed by atoms with van der Waals surface area (Å²) >= 11 is 0. The summed E-state index contributed by atoms with van der Waals surface area (Å²) in [4.78, 5) is 15.2. The lowest BCUT2D eigenvalue weighted by Gasteiger charge is -2.07. The molecule has 0 saturated heterocycles. The van der Waals surface area contributed by atoms with E-state index < -0.39 is 17.6 Å².